The quantitative estimate of drug-likeness (QED) is 0.306. The second-order valence-electron chi connectivity index (χ2n) is 5.25. The molecule has 4 N–H and O–H groups in total. The fourth-order valence-electron chi connectivity index (χ4n) is 2.00. The Morgan fingerprint density at radius 2 is 1.09 bits per heavy atom. The number of aliphatic hydroxyl groups excluding tert-OH is 2. The van der Waals surface area contributed by atoms with E-state index in [9.17, 15) is 19.8 Å². The van der Waals surface area contributed by atoms with Crippen LogP contribution in [0.2, 0.25) is 0 Å². The van der Waals surface area contributed by atoms with E-state index in [4.69, 9.17) is 10.2 Å². The molecule has 0 aliphatic heterocycles. The van der Waals surface area contributed by atoms with Crippen LogP contribution in [0, 0.1) is 0 Å². The summed E-state index contributed by atoms with van der Waals surface area (Å²) in [5.41, 5.74) is 0. The molecule has 0 saturated carbocycles. The van der Waals surface area contributed by atoms with Crippen molar-refractivity contribution in [2.24, 2.45) is 0 Å². The average Bonchev–Trinajstić information content (AvgIpc) is 2.41. The second kappa shape index (κ2) is 13.0. The molecule has 0 spiro atoms. The molecule has 0 aliphatic carbocycles. The van der Waals surface area contributed by atoms with Gasteiger partial charge in [-0.2, -0.15) is 0 Å². The first-order valence-corrected chi connectivity index (χ1v) is 7.57. The lowest BCUT2D eigenvalue weighted by Crippen LogP contribution is -2.06. The van der Waals surface area contributed by atoms with Gasteiger partial charge < -0.3 is 20.4 Å². The second-order valence-corrected chi connectivity index (χ2v) is 5.25. The molecule has 6 nitrogen and oxygen atoms in total. The molecule has 22 heavy (non-hydrogen) atoms. The molecule has 0 fully saturated rings. The van der Waals surface area contributed by atoms with Gasteiger partial charge in [-0.15, -0.1) is 0 Å². The molecule has 0 bridgehead atoms. The third-order valence-electron chi connectivity index (χ3n) is 3.16. The average molecular weight is 314 g/mol. The maximum absolute atomic E-state index is 10.2. The van der Waals surface area contributed by atoms with Crippen molar-refractivity contribution in [3.63, 3.8) is 0 Å². The smallest absolute Gasteiger partial charge is 0.327 e. The first kappa shape index (κ1) is 20.3. The van der Waals surface area contributed by atoms with Gasteiger partial charge in [0.25, 0.3) is 0 Å². The van der Waals surface area contributed by atoms with E-state index in [1.54, 1.807) is 0 Å². The summed E-state index contributed by atoms with van der Waals surface area (Å²) in [6.45, 7) is 0. The van der Waals surface area contributed by atoms with Crippen molar-refractivity contribution < 1.29 is 30.0 Å². The zero-order valence-corrected chi connectivity index (χ0v) is 12.7. The SMILES string of the molecule is O=C(O)C=CCC(O)CCCCCCC(O)CC=CC(=O)O. The Kier molecular flexibility index (Phi) is 12.1. The number of hydrogen-bond acceptors (Lipinski definition) is 4. The highest BCUT2D eigenvalue weighted by Crippen LogP contribution is 2.12. The van der Waals surface area contributed by atoms with Crippen LogP contribution < -0.4 is 0 Å². The van der Waals surface area contributed by atoms with Crippen molar-refractivity contribution in [3.8, 4) is 0 Å². The molecule has 0 aromatic carbocycles. The van der Waals surface area contributed by atoms with Gasteiger partial charge in [-0.1, -0.05) is 37.8 Å². The summed E-state index contributed by atoms with van der Waals surface area (Å²) in [6.07, 6.45) is 9.51. The highest BCUT2D eigenvalue weighted by atomic mass is 16.4. The Morgan fingerprint density at radius 1 is 0.727 bits per heavy atom. The molecule has 126 valence electrons. The Balaban J connectivity index is 3.49. The van der Waals surface area contributed by atoms with Gasteiger partial charge in [0.05, 0.1) is 12.2 Å². The van der Waals surface area contributed by atoms with E-state index in [1.807, 2.05) is 0 Å². The van der Waals surface area contributed by atoms with E-state index < -0.39 is 24.1 Å². The summed E-state index contributed by atoms with van der Waals surface area (Å²) in [5.74, 6) is -2.02. The van der Waals surface area contributed by atoms with E-state index in [0.29, 0.717) is 25.7 Å². The Hall–Kier alpha value is -1.66. The van der Waals surface area contributed by atoms with Crippen LogP contribution in [0.4, 0.5) is 0 Å². The number of carboxylic acid groups (broad SMARTS) is 2. The maximum Gasteiger partial charge on any atom is 0.327 e. The standard InChI is InChI=1S/C16H26O6/c17-13(9-5-11-15(19)20)7-3-1-2-4-8-14(18)10-6-12-16(21)22/h5-6,11-14,17-18H,1-4,7-10H2,(H,19,20)(H,21,22). The molecular formula is C16H26O6. The normalized spacial score (nSPS) is 14.5. The summed E-state index contributed by atoms with van der Waals surface area (Å²) in [5, 5.41) is 36.0. The molecule has 0 aromatic rings. The monoisotopic (exact) mass is 314 g/mol. The van der Waals surface area contributed by atoms with Crippen LogP contribution in [0.25, 0.3) is 0 Å². The van der Waals surface area contributed by atoms with Gasteiger partial charge in [0.15, 0.2) is 0 Å². The Labute approximate surface area is 130 Å². The molecule has 0 aliphatic rings. The molecule has 0 aromatic heterocycles. The lowest BCUT2D eigenvalue weighted by molar-refractivity contribution is -0.132. The number of aliphatic carboxylic acids is 2. The zero-order valence-electron chi connectivity index (χ0n) is 12.7. The number of carbonyl (C=O) groups is 2. The molecule has 2 unspecified atom stereocenters. The van der Waals surface area contributed by atoms with Gasteiger partial charge >= 0.3 is 11.9 Å². The predicted octanol–water partition coefficient (Wildman–Crippen LogP) is 2.11. The zero-order chi connectivity index (χ0) is 16.8. The van der Waals surface area contributed by atoms with Crippen molar-refractivity contribution in [3.05, 3.63) is 24.3 Å². The Bertz CT molecular complexity index is 339. The van der Waals surface area contributed by atoms with Crippen molar-refractivity contribution in [2.75, 3.05) is 0 Å². The third-order valence-corrected chi connectivity index (χ3v) is 3.16. The minimum Gasteiger partial charge on any atom is -0.478 e. The van der Waals surface area contributed by atoms with Crippen LogP contribution >= 0.6 is 0 Å². The van der Waals surface area contributed by atoms with Gasteiger partial charge in [0, 0.05) is 12.2 Å². The lowest BCUT2D eigenvalue weighted by Gasteiger charge is -2.09. The van der Waals surface area contributed by atoms with Crippen LogP contribution in [0.1, 0.15) is 51.4 Å². The maximum atomic E-state index is 10.2. The molecule has 0 saturated heterocycles. The first-order chi connectivity index (χ1) is 10.4. The van der Waals surface area contributed by atoms with Crippen LogP contribution in [-0.4, -0.2) is 44.6 Å². The van der Waals surface area contributed by atoms with Crippen molar-refractivity contribution in [1.29, 1.82) is 0 Å². The highest BCUT2D eigenvalue weighted by molar-refractivity contribution is 5.79. The fraction of sp³-hybridized carbons (Fsp3) is 0.625. The van der Waals surface area contributed by atoms with Gasteiger partial charge in [0.2, 0.25) is 0 Å². The van der Waals surface area contributed by atoms with Crippen molar-refractivity contribution in [2.45, 2.75) is 63.6 Å². The molecule has 0 amide bonds. The fourth-order valence-corrected chi connectivity index (χ4v) is 2.00. The molecule has 0 rings (SSSR count). The number of unbranched alkanes of at least 4 members (excludes halogenated alkanes) is 3. The first-order valence-electron chi connectivity index (χ1n) is 7.57. The summed E-state index contributed by atoms with van der Waals surface area (Å²) in [6, 6.07) is 0. The third kappa shape index (κ3) is 14.7. The number of aliphatic hydroxyl groups is 2. The van der Waals surface area contributed by atoms with Crippen molar-refractivity contribution in [1.82, 2.24) is 0 Å². The number of hydrogen-bond donors (Lipinski definition) is 4. The highest BCUT2D eigenvalue weighted by Gasteiger charge is 2.04. The molecule has 0 radical (unpaired) electrons. The number of carboxylic acids is 2. The molecule has 0 heterocycles. The minimum absolute atomic E-state index is 0.348. The molecule has 6 heteroatoms. The predicted molar refractivity (Wildman–Crippen MR) is 82.5 cm³/mol. The Morgan fingerprint density at radius 3 is 1.41 bits per heavy atom. The van der Waals surface area contributed by atoms with Gasteiger partial charge in [0.1, 0.15) is 0 Å². The van der Waals surface area contributed by atoms with Gasteiger partial charge in [-0.05, 0) is 25.7 Å². The van der Waals surface area contributed by atoms with Crippen LogP contribution in [-0.2, 0) is 9.59 Å². The van der Waals surface area contributed by atoms with Crippen LogP contribution in [0.3, 0.4) is 0 Å². The molecular weight excluding hydrogens is 288 g/mol. The van der Waals surface area contributed by atoms with E-state index in [-0.39, 0.29) is 0 Å². The van der Waals surface area contributed by atoms with Crippen LogP contribution in [0.5, 0.6) is 0 Å². The van der Waals surface area contributed by atoms with Gasteiger partial charge in [-0.3, -0.25) is 0 Å². The summed E-state index contributed by atoms with van der Waals surface area (Å²) >= 11 is 0. The summed E-state index contributed by atoms with van der Waals surface area (Å²) in [7, 11) is 0. The van der Waals surface area contributed by atoms with E-state index in [1.165, 1.54) is 12.2 Å². The van der Waals surface area contributed by atoms with Crippen molar-refractivity contribution >= 4 is 11.9 Å². The van der Waals surface area contributed by atoms with Crippen LogP contribution in [0.15, 0.2) is 24.3 Å². The van der Waals surface area contributed by atoms with E-state index in [2.05, 4.69) is 0 Å². The summed E-state index contributed by atoms with van der Waals surface area (Å²) < 4.78 is 0. The summed E-state index contributed by atoms with van der Waals surface area (Å²) in [4.78, 5) is 20.5. The van der Waals surface area contributed by atoms with E-state index in [0.717, 1.165) is 37.8 Å². The van der Waals surface area contributed by atoms with Gasteiger partial charge in [-0.25, -0.2) is 9.59 Å². The number of rotatable bonds is 13. The lowest BCUT2D eigenvalue weighted by atomic mass is 10.0. The molecule has 2 atom stereocenters. The van der Waals surface area contributed by atoms with E-state index >= 15 is 0 Å². The topological polar surface area (TPSA) is 115 Å². The largest absolute Gasteiger partial charge is 0.478 e. The minimum atomic E-state index is -1.01.